The van der Waals surface area contributed by atoms with E-state index in [0.717, 1.165) is 5.56 Å². The van der Waals surface area contributed by atoms with Gasteiger partial charge in [-0.05, 0) is 24.1 Å². The van der Waals surface area contributed by atoms with Crippen molar-refractivity contribution in [2.24, 2.45) is 5.73 Å². The number of rotatable bonds is 3. The van der Waals surface area contributed by atoms with Gasteiger partial charge in [0.05, 0.1) is 11.6 Å². The Labute approximate surface area is 105 Å². The number of benzene rings is 1. The molecule has 2 amide bonds. The van der Waals surface area contributed by atoms with E-state index in [0.29, 0.717) is 24.9 Å². The molecule has 0 aromatic heterocycles. The van der Waals surface area contributed by atoms with E-state index in [1.54, 1.807) is 18.2 Å². The van der Waals surface area contributed by atoms with E-state index in [1.807, 2.05) is 12.1 Å². The van der Waals surface area contributed by atoms with Crippen molar-refractivity contribution in [3.05, 3.63) is 35.4 Å². The second kappa shape index (κ2) is 4.88. The molecule has 1 aromatic rings. The molecule has 1 unspecified atom stereocenters. The lowest BCUT2D eigenvalue weighted by Gasteiger charge is -2.22. The summed E-state index contributed by atoms with van der Waals surface area (Å²) in [5.74, 6) is -0.543. The Morgan fingerprint density at radius 3 is 3.00 bits per heavy atom. The van der Waals surface area contributed by atoms with Gasteiger partial charge in [0.15, 0.2) is 0 Å². The van der Waals surface area contributed by atoms with E-state index >= 15 is 0 Å². The van der Waals surface area contributed by atoms with Gasteiger partial charge in [-0.3, -0.25) is 9.59 Å². The number of carbonyl (C=O) groups is 2. The molecule has 2 rings (SSSR count). The van der Waals surface area contributed by atoms with Gasteiger partial charge in [0.2, 0.25) is 11.8 Å². The van der Waals surface area contributed by atoms with Gasteiger partial charge in [0, 0.05) is 13.0 Å². The monoisotopic (exact) mass is 243 g/mol. The second-order valence-corrected chi connectivity index (χ2v) is 4.29. The lowest BCUT2D eigenvalue weighted by Crippen LogP contribution is -2.41. The SMILES string of the molecule is N#Cc1cccc(CN2C(=O)CCC2C(N)=O)c1. The molecule has 18 heavy (non-hydrogen) atoms. The van der Waals surface area contributed by atoms with E-state index in [-0.39, 0.29) is 5.91 Å². The molecule has 0 spiro atoms. The number of amides is 2. The minimum absolute atomic E-state index is 0.0684. The number of hydrogen-bond acceptors (Lipinski definition) is 3. The van der Waals surface area contributed by atoms with Crippen molar-refractivity contribution in [3.8, 4) is 6.07 Å². The quantitative estimate of drug-likeness (QED) is 0.840. The first-order valence-corrected chi connectivity index (χ1v) is 5.69. The smallest absolute Gasteiger partial charge is 0.240 e. The Bertz CT molecular complexity index is 533. The Morgan fingerprint density at radius 2 is 2.33 bits per heavy atom. The highest BCUT2D eigenvalue weighted by molar-refractivity contribution is 5.89. The minimum Gasteiger partial charge on any atom is -0.368 e. The van der Waals surface area contributed by atoms with Crippen molar-refractivity contribution >= 4 is 11.8 Å². The molecule has 5 nitrogen and oxygen atoms in total. The predicted octanol–water partition coefficient (Wildman–Crippen LogP) is 0.535. The molecule has 0 aliphatic carbocycles. The summed E-state index contributed by atoms with van der Waals surface area (Å²) in [6.45, 7) is 0.321. The van der Waals surface area contributed by atoms with Crippen LogP contribution < -0.4 is 5.73 Å². The predicted molar refractivity (Wildman–Crippen MR) is 63.9 cm³/mol. The summed E-state index contributed by atoms with van der Waals surface area (Å²) in [4.78, 5) is 24.4. The maximum atomic E-state index is 11.7. The zero-order valence-corrected chi connectivity index (χ0v) is 9.80. The normalized spacial score (nSPS) is 18.7. The number of primary amides is 1. The molecule has 1 fully saturated rings. The Kier molecular flexibility index (Phi) is 3.28. The lowest BCUT2D eigenvalue weighted by atomic mass is 10.1. The average molecular weight is 243 g/mol. The highest BCUT2D eigenvalue weighted by atomic mass is 16.2. The Hall–Kier alpha value is -2.35. The van der Waals surface area contributed by atoms with Crippen molar-refractivity contribution in [1.82, 2.24) is 4.90 Å². The average Bonchev–Trinajstić information content (AvgIpc) is 2.71. The van der Waals surface area contributed by atoms with E-state index in [1.165, 1.54) is 4.90 Å². The number of nitriles is 1. The van der Waals surface area contributed by atoms with Gasteiger partial charge in [-0.15, -0.1) is 0 Å². The molecule has 1 aliphatic rings. The molecule has 1 atom stereocenters. The first-order valence-electron chi connectivity index (χ1n) is 5.69. The summed E-state index contributed by atoms with van der Waals surface area (Å²) >= 11 is 0. The summed E-state index contributed by atoms with van der Waals surface area (Å²) in [7, 11) is 0. The number of likely N-dealkylation sites (tertiary alicyclic amines) is 1. The summed E-state index contributed by atoms with van der Waals surface area (Å²) in [6, 6.07) is 8.51. The minimum atomic E-state index is -0.525. The fraction of sp³-hybridized carbons (Fsp3) is 0.308. The summed E-state index contributed by atoms with van der Waals surface area (Å²) in [5, 5.41) is 8.81. The standard InChI is InChI=1S/C13H13N3O2/c14-7-9-2-1-3-10(6-9)8-16-11(13(15)18)4-5-12(16)17/h1-3,6,11H,4-5,8H2,(H2,15,18). The van der Waals surface area contributed by atoms with Crippen molar-refractivity contribution in [2.75, 3.05) is 0 Å². The van der Waals surface area contributed by atoms with E-state index in [2.05, 4.69) is 0 Å². The third-order valence-electron chi connectivity index (χ3n) is 3.07. The Morgan fingerprint density at radius 1 is 1.56 bits per heavy atom. The first-order chi connectivity index (χ1) is 8.61. The molecule has 1 aromatic carbocycles. The molecule has 0 radical (unpaired) electrons. The van der Waals surface area contributed by atoms with Crippen LogP contribution in [0.4, 0.5) is 0 Å². The van der Waals surface area contributed by atoms with Crippen LogP contribution in [0.15, 0.2) is 24.3 Å². The van der Waals surface area contributed by atoms with Crippen LogP contribution in [-0.2, 0) is 16.1 Å². The van der Waals surface area contributed by atoms with Crippen LogP contribution in [-0.4, -0.2) is 22.8 Å². The molecule has 0 bridgehead atoms. The highest BCUT2D eigenvalue weighted by Crippen LogP contribution is 2.21. The molecular weight excluding hydrogens is 230 g/mol. The first kappa shape index (κ1) is 12.1. The van der Waals surface area contributed by atoms with Gasteiger partial charge in [-0.1, -0.05) is 12.1 Å². The van der Waals surface area contributed by atoms with Crippen molar-refractivity contribution in [3.63, 3.8) is 0 Å². The maximum Gasteiger partial charge on any atom is 0.240 e. The van der Waals surface area contributed by atoms with E-state index in [4.69, 9.17) is 11.0 Å². The van der Waals surface area contributed by atoms with Crippen molar-refractivity contribution < 1.29 is 9.59 Å². The molecule has 1 heterocycles. The van der Waals surface area contributed by atoms with Crippen LogP contribution in [0.5, 0.6) is 0 Å². The number of nitrogens with two attached hydrogens (primary N) is 1. The summed E-state index contributed by atoms with van der Waals surface area (Å²) < 4.78 is 0. The molecule has 92 valence electrons. The third-order valence-corrected chi connectivity index (χ3v) is 3.07. The number of carbonyl (C=O) groups excluding carboxylic acids is 2. The van der Waals surface area contributed by atoms with Crippen molar-refractivity contribution in [2.45, 2.75) is 25.4 Å². The highest BCUT2D eigenvalue weighted by Gasteiger charge is 2.34. The van der Waals surface area contributed by atoms with Crippen molar-refractivity contribution in [1.29, 1.82) is 5.26 Å². The van der Waals surface area contributed by atoms with E-state index < -0.39 is 11.9 Å². The Balaban J connectivity index is 2.19. The van der Waals surface area contributed by atoms with Crippen LogP contribution in [0.2, 0.25) is 0 Å². The van der Waals surface area contributed by atoms with E-state index in [9.17, 15) is 9.59 Å². The summed E-state index contributed by atoms with van der Waals surface area (Å²) in [5.41, 5.74) is 6.64. The largest absolute Gasteiger partial charge is 0.368 e. The molecule has 1 aliphatic heterocycles. The number of hydrogen-bond donors (Lipinski definition) is 1. The maximum absolute atomic E-state index is 11.7. The zero-order valence-electron chi connectivity index (χ0n) is 9.80. The number of nitrogens with zero attached hydrogens (tertiary/aromatic N) is 2. The molecule has 0 saturated carbocycles. The summed E-state index contributed by atoms with van der Waals surface area (Å²) in [6.07, 6.45) is 0.831. The molecular formula is C13H13N3O2. The fourth-order valence-corrected chi connectivity index (χ4v) is 2.16. The van der Waals surface area contributed by atoms with Gasteiger partial charge in [0.1, 0.15) is 6.04 Å². The fourth-order valence-electron chi connectivity index (χ4n) is 2.16. The van der Waals surface area contributed by atoms with Crippen LogP contribution in [0.25, 0.3) is 0 Å². The van der Waals surface area contributed by atoms with Gasteiger partial charge in [-0.2, -0.15) is 5.26 Å². The topological polar surface area (TPSA) is 87.2 Å². The molecule has 5 heteroatoms. The van der Waals surface area contributed by atoms with Gasteiger partial charge < -0.3 is 10.6 Å². The zero-order chi connectivity index (χ0) is 13.1. The van der Waals surface area contributed by atoms with Gasteiger partial charge >= 0.3 is 0 Å². The van der Waals surface area contributed by atoms with Gasteiger partial charge in [0.25, 0.3) is 0 Å². The second-order valence-electron chi connectivity index (χ2n) is 4.29. The van der Waals surface area contributed by atoms with Crippen LogP contribution in [0.1, 0.15) is 24.0 Å². The molecule has 1 saturated heterocycles. The van der Waals surface area contributed by atoms with Crippen LogP contribution in [0, 0.1) is 11.3 Å². The lowest BCUT2D eigenvalue weighted by molar-refractivity contribution is -0.134. The van der Waals surface area contributed by atoms with Crippen LogP contribution >= 0.6 is 0 Å². The van der Waals surface area contributed by atoms with Crippen LogP contribution in [0.3, 0.4) is 0 Å². The molecule has 2 N–H and O–H groups in total. The third kappa shape index (κ3) is 2.33. The van der Waals surface area contributed by atoms with Gasteiger partial charge in [-0.25, -0.2) is 0 Å².